The van der Waals surface area contributed by atoms with Gasteiger partial charge in [0.05, 0.1) is 6.20 Å². The number of hydrogen-bond donors (Lipinski definition) is 2. The molecule has 1 aliphatic rings. The lowest BCUT2D eigenvalue weighted by atomic mass is 9.93. The van der Waals surface area contributed by atoms with Crippen molar-refractivity contribution in [3.05, 3.63) is 17.5 Å². The summed E-state index contributed by atoms with van der Waals surface area (Å²) in [6, 6.07) is 0. The zero-order valence-corrected chi connectivity index (χ0v) is 8.14. The van der Waals surface area contributed by atoms with Crippen molar-refractivity contribution < 1.29 is 0 Å². The highest BCUT2D eigenvalue weighted by Gasteiger charge is 2.18. The van der Waals surface area contributed by atoms with E-state index in [1.807, 2.05) is 6.20 Å². The number of piperidine rings is 1. The molecule has 0 aliphatic carbocycles. The smallest absolute Gasteiger partial charge is 0.0522 e. The molecule has 1 aromatic heterocycles. The zero-order chi connectivity index (χ0) is 9.10. The summed E-state index contributed by atoms with van der Waals surface area (Å²) >= 11 is 0. The third-order valence-electron chi connectivity index (χ3n) is 2.84. The second-order valence-electron chi connectivity index (χ2n) is 3.71. The van der Waals surface area contributed by atoms with Crippen molar-refractivity contribution >= 4 is 0 Å². The van der Waals surface area contributed by atoms with Crippen LogP contribution in [0.25, 0.3) is 0 Å². The van der Waals surface area contributed by atoms with Crippen LogP contribution in [-0.2, 0) is 6.42 Å². The van der Waals surface area contributed by atoms with E-state index in [-0.39, 0.29) is 0 Å². The number of hydrogen-bond acceptors (Lipinski definition) is 2. The number of rotatable bonds is 2. The summed E-state index contributed by atoms with van der Waals surface area (Å²) in [5.74, 6) is 0.659. The highest BCUT2D eigenvalue weighted by atomic mass is 15.1. The van der Waals surface area contributed by atoms with Crippen LogP contribution in [-0.4, -0.2) is 23.3 Å². The Kier molecular flexibility index (Phi) is 2.64. The first kappa shape index (κ1) is 8.75. The summed E-state index contributed by atoms with van der Waals surface area (Å²) in [6.07, 6.45) is 5.63. The Balaban J connectivity index is 2.13. The van der Waals surface area contributed by atoms with Crippen molar-refractivity contribution in [2.24, 2.45) is 0 Å². The van der Waals surface area contributed by atoms with Gasteiger partial charge in [-0.2, -0.15) is 5.10 Å². The Bertz CT molecular complexity index is 261. The predicted octanol–water partition coefficient (Wildman–Crippen LogP) is 1.44. The van der Waals surface area contributed by atoms with Gasteiger partial charge in [0, 0.05) is 18.2 Å². The van der Waals surface area contributed by atoms with Gasteiger partial charge in [-0.15, -0.1) is 0 Å². The van der Waals surface area contributed by atoms with Crippen LogP contribution in [0, 0.1) is 0 Å². The molecule has 0 saturated carbocycles. The number of aromatic amines is 1. The van der Waals surface area contributed by atoms with Crippen LogP contribution in [0.4, 0.5) is 0 Å². The van der Waals surface area contributed by atoms with Gasteiger partial charge in [-0.05, 0) is 31.4 Å². The van der Waals surface area contributed by atoms with Crippen LogP contribution in [0.15, 0.2) is 6.20 Å². The number of aryl methyl sites for hydroxylation is 1. The molecule has 0 aromatic carbocycles. The molecule has 1 fully saturated rings. The second-order valence-corrected chi connectivity index (χ2v) is 3.71. The predicted molar refractivity (Wildman–Crippen MR) is 52.8 cm³/mol. The molecule has 1 aliphatic heterocycles. The van der Waals surface area contributed by atoms with Crippen LogP contribution < -0.4 is 5.32 Å². The quantitative estimate of drug-likeness (QED) is 0.721. The Morgan fingerprint density at radius 2 is 2.54 bits per heavy atom. The standard InChI is InChI=1S/C10H17N3/c1-2-8-7-12-13-10(8)9-4-3-5-11-6-9/h7,9,11H,2-6H2,1H3,(H,12,13)/t9-/m0/s1. The molecule has 3 nitrogen and oxygen atoms in total. The van der Waals surface area contributed by atoms with E-state index < -0.39 is 0 Å². The van der Waals surface area contributed by atoms with Crippen molar-refractivity contribution in [1.82, 2.24) is 15.5 Å². The Hall–Kier alpha value is -0.830. The summed E-state index contributed by atoms with van der Waals surface area (Å²) in [5.41, 5.74) is 2.74. The SMILES string of the molecule is CCc1cn[nH]c1[C@H]1CCCNC1. The van der Waals surface area contributed by atoms with Crippen LogP contribution in [0.5, 0.6) is 0 Å². The van der Waals surface area contributed by atoms with Crippen LogP contribution in [0.3, 0.4) is 0 Å². The molecular formula is C10H17N3. The number of nitrogens with one attached hydrogen (secondary N) is 2. The molecule has 1 saturated heterocycles. The third kappa shape index (κ3) is 1.75. The van der Waals surface area contributed by atoms with E-state index in [1.165, 1.54) is 30.6 Å². The van der Waals surface area contributed by atoms with E-state index in [9.17, 15) is 0 Å². The van der Waals surface area contributed by atoms with E-state index in [0.717, 1.165) is 13.0 Å². The van der Waals surface area contributed by atoms with E-state index >= 15 is 0 Å². The molecule has 1 atom stereocenters. The first-order chi connectivity index (χ1) is 6.42. The van der Waals surface area contributed by atoms with E-state index in [0.29, 0.717) is 5.92 Å². The van der Waals surface area contributed by atoms with Gasteiger partial charge in [-0.25, -0.2) is 0 Å². The highest BCUT2D eigenvalue weighted by Crippen LogP contribution is 2.24. The average Bonchev–Trinajstić information content (AvgIpc) is 2.67. The van der Waals surface area contributed by atoms with Crippen molar-refractivity contribution in [3.8, 4) is 0 Å². The number of H-pyrrole nitrogens is 1. The molecule has 2 N–H and O–H groups in total. The fraction of sp³-hybridized carbons (Fsp3) is 0.700. The van der Waals surface area contributed by atoms with Crippen LogP contribution in [0.2, 0.25) is 0 Å². The molecule has 0 radical (unpaired) electrons. The molecule has 3 heteroatoms. The van der Waals surface area contributed by atoms with Gasteiger partial charge < -0.3 is 5.32 Å². The zero-order valence-electron chi connectivity index (χ0n) is 8.14. The van der Waals surface area contributed by atoms with Gasteiger partial charge in [-0.1, -0.05) is 6.92 Å². The minimum atomic E-state index is 0.659. The largest absolute Gasteiger partial charge is 0.316 e. The van der Waals surface area contributed by atoms with Gasteiger partial charge in [0.1, 0.15) is 0 Å². The molecule has 0 unspecified atom stereocenters. The number of aromatic nitrogens is 2. The first-order valence-electron chi connectivity index (χ1n) is 5.14. The van der Waals surface area contributed by atoms with Crippen LogP contribution in [0.1, 0.15) is 36.9 Å². The molecule has 1 aromatic rings. The molecule has 0 amide bonds. The van der Waals surface area contributed by atoms with Crippen LogP contribution >= 0.6 is 0 Å². The maximum Gasteiger partial charge on any atom is 0.0522 e. The summed E-state index contributed by atoms with van der Waals surface area (Å²) in [6.45, 7) is 4.46. The number of nitrogens with zero attached hydrogens (tertiary/aromatic N) is 1. The molecular weight excluding hydrogens is 162 g/mol. The molecule has 2 rings (SSSR count). The van der Waals surface area contributed by atoms with Gasteiger partial charge in [0.15, 0.2) is 0 Å². The summed E-state index contributed by atoms with van der Waals surface area (Å²) in [4.78, 5) is 0. The van der Waals surface area contributed by atoms with Gasteiger partial charge in [0.2, 0.25) is 0 Å². The van der Waals surface area contributed by atoms with E-state index in [2.05, 4.69) is 22.4 Å². The molecule has 2 heterocycles. The summed E-state index contributed by atoms with van der Waals surface area (Å²) in [5, 5.41) is 10.7. The van der Waals surface area contributed by atoms with Crippen molar-refractivity contribution in [3.63, 3.8) is 0 Å². The fourth-order valence-electron chi connectivity index (χ4n) is 2.05. The highest BCUT2D eigenvalue weighted by molar-refractivity contribution is 5.21. The van der Waals surface area contributed by atoms with E-state index in [4.69, 9.17) is 0 Å². The van der Waals surface area contributed by atoms with Crippen molar-refractivity contribution in [2.75, 3.05) is 13.1 Å². The van der Waals surface area contributed by atoms with Gasteiger partial charge >= 0.3 is 0 Å². The first-order valence-corrected chi connectivity index (χ1v) is 5.14. The molecule has 72 valence electrons. The minimum Gasteiger partial charge on any atom is -0.316 e. The lowest BCUT2D eigenvalue weighted by Crippen LogP contribution is -2.29. The Morgan fingerprint density at radius 3 is 3.23 bits per heavy atom. The molecule has 13 heavy (non-hydrogen) atoms. The maximum atomic E-state index is 4.12. The average molecular weight is 179 g/mol. The lowest BCUT2D eigenvalue weighted by molar-refractivity contribution is 0.452. The fourth-order valence-corrected chi connectivity index (χ4v) is 2.05. The normalized spacial score (nSPS) is 23.3. The van der Waals surface area contributed by atoms with Crippen molar-refractivity contribution in [2.45, 2.75) is 32.1 Å². The molecule has 0 spiro atoms. The Morgan fingerprint density at radius 1 is 1.62 bits per heavy atom. The summed E-state index contributed by atoms with van der Waals surface area (Å²) < 4.78 is 0. The second kappa shape index (κ2) is 3.92. The third-order valence-corrected chi connectivity index (χ3v) is 2.84. The lowest BCUT2D eigenvalue weighted by Gasteiger charge is -2.22. The van der Waals surface area contributed by atoms with Gasteiger partial charge in [0.25, 0.3) is 0 Å². The summed E-state index contributed by atoms with van der Waals surface area (Å²) in [7, 11) is 0. The molecule has 0 bridgehead atoms. The van der Waals surface area contributed by atoms with Crippen molar-refractivity contribution in [1.29, 1.82) is 0 Å². The Labute approximate surface area is 78.9 Å². The topological polar surface area (TPSA) is 40.7 Å². The monoisotopic (exact) mass is 179 g/mol. The minimum absolute atomic E-state index is 0.659. The maximum absolute atomic E-state index is 4.12. The van der Waals surface area contributed by atoms with Gasteiger partial charge in [-0.3, -0.25) is 5.10 Å². The van der Waals surface area contributed by atoms with E-state index in [1.54, 1.807) is 0 Å².